The Morgan fingerprint density at radius 1 is 1.18 bits per heavy atom. The molecule has 2 atom stereocenters. The number of carbonyl (C=O) groups is 1. The fourth-order valence-corrected chi connectivity index (χ4v) is 9.58. The van der Waals surface area contributed by atoms with E-state index in [9.17, 15) is 14.4 Å². The van der Waals surface area contributed by atoms with Gasteiger partial charge in [-0.3, -0.25) is 14.4 Å². The van der Waals surface area contributed by atoms with Crippen LogP contribution in [0.25, 0.3) is 32.1 Å². The molecule has 2 unspecified atom stereocenters. The van der Waals surface area contributed by atoms with Crippen molar-refractivity contribution >= 4 is 49.1 Å². The van der Waals surface area contributed by atoms with Crippen LogP contribution in [0.2, 0.25) is 0 Å². The number of benzene rings is 2. The normalized spacial score (nSPS) is 19.8. The molecule has 18 heteroatoms. The minimum atomic E-state index is -5.14. The monoisotopic (exact) mass is 797 g/mol. The number of thiophene rings is 1. The van der Waals surface area contributed by atoms with E-state index < -0.39 is 46.2 Å². The SMILES string of the molecule is CCN(CC)C(=O)c1nn2c(c1C)CN(c1nc(OCC34CCCN3CC(F)C4)nc3c(F)c(-c4ccc(F)c5sc(N)c(C#N)c45)c(C(F)(F)F)cc13)CC2. The predicted octanol–water partition coefficient (Wildman–Crippen LogP) is 7.22. The molecule has 5 aromatic rings. The Hall–Kier alpha value is -5.15. The number of alkyl halides is 4. The summed E-state index contributed by atoms with van der Waals surface area (Å²) in [5.74, 6) is -2.53. The highest BCUT2D eigenvalue weighted by atomic mass is 32.1. The fourth-order valence-electron chi connectivity index (χ4n) is 8.63. The summed E-state index contributed by atoms with van der Waals surface area (Å²) < 4.78 is 100. The van der Waals surface area contributed by atoms with Gasteiger partial charge in [-0.05, 0) is 57.9 Å². The molecule has 11 nitrogen and oxygen atoms in total. The number of amides is 1. The second kappa shape index (κ2) is 13.8. The number of hydrogen-bond acceptors (Lipinski definition) is 10. The third-order valence-corrected chi connectivity index (χ3v) is 12.4. The predicted molar refractivity (Wildman–Crippen MR) is 198 cm³/mol. The molecule has 3 aromatic heterocycles. The number of nitrogen functional groups attached to an aromatic ring is 1. The zero-order valence-electron chi connectivity index (χ0n) is 30.7. The van der Waals surface area contributed by atoms with Crippen LogP contribution in [0.4, 0.5) is 37.2 Å². The van der Waals surface area contributed by atoms with Gasteiger partial charge in [0, 0.05) is 54.5 Å². The number of hydrogen-bond donors (Lipinski definition) is 1. The van der Waals surface area contributed by atoms with Gasteiger partial charge in [0.2, 0.25) is 0 Å². The van der Waals surface area contributed by atoms with Crippen molar-refractivity contribution < 1.29 is 35.9 Å². The molecule has 8 rings (SSSR count). The molecule has 2 fully saturated rings. The number of halogens is 6. The third kappa shape index (κ3) is 5.97. The van der Waals surface area contributed by atoms with Gasteiger partial charge in [0.05, 0.1) is 40.1 Å². The molecule has 0 spiro atoms. The van der Waals surface area contributed by atoms with Crippen molar-refractivity contribution in [3.63, 3.8) is 0 Å². The topological polar surface area (TPSA) is 129 Å². The number of nitrogens with zero attached hydrogens (tertiary/aromatic N) is 8. The van der Waals surface area contributed by atoms with E-state index in [1.54, 1.807) is 21.4 Å². The fraction of sp³-hybridized carbons (Fsp3) is 0.447. The second-order valence-electron chi connectivity index (χ2n) is 14.5. The van der Waals surface area contributed by atoms with Gasteiger partial charge < -0.3 is 20.3 Å². The summed E-state index contributed by atoms with van der Waals surface area (Å²) in [7, 11) is 0. The summed E-state index contributed by atoms with van der Waals surface area (Å²) in [6.45, 7) is 7.76. The number of carbonyl (C=O) groups excluding carboxylic acids is 1. The molecule has 6 heterocycles. The highest BCUT2D eigenvalue weighted by Crippen LogP contribution is 2.48. The van der Waals surface area contributed by atoms with Crippen molar-refractivity contribution in [1.29, 1.82) is 5.26 Å². The molecular weight excluding hydrogens is 761 g/mol. The summed E-state index contributed by atoms with van der Waals surface area (Å²) in [4.78, 5) is 27.6. The number of rotatable bonds is 8. The molecule has 2 saturated heterocycles. The standard InChI is InChI=1S/C38H37F6N9O2S/c1-4-50(5-2)35(54)30-19(3)26-17-51(11-12-53(26)49-30)34-22-13-24(38(42,43)44)28(21-7-8-25(40)32-27(21)23(15-45)33(46)56-32)29(41)31(22)47-36(48-34)55-18-37-9-6-10-52(37)16-20(39)14-37/h7-8,13,20H,4-6,9-12,14,16-18,46H2,1-3H3. The third-order valence-electron chi connectivity index (χ3n) is 11.4. The molecule has 2 N–H and O–H groups in total. The Morgan fingerprint density at radius 2 is 1.95 bits per heavy atom. The van der Waals surface area contributed by atoms with Crippen LogP contribution in [-0.4, -0.2) is 86.5 Å². The minimum absolute atomic E-state index is 0.0333. The lowest BCUT2D eigenvalue weighted by Crippen LogP contribution is -2.43. The average molecular weight is 798 g/mol. The van der Waals surface area contributed by atoms with E-state index in [-0.39, 0.29) is 94.2 Å². The van der Waals surface area contributed by atoms with Gasteiger partial charge in [0.15, 0.2) is 11.5 Å². The van der Waals surface area contributed by atoms with E-state index in [4.69, 9.17) is 10.5 Å². The van der Waals surface area contributed by atoms with Gasteiger partial charge in [-0.25, -0.2) is 13.2 Å². The van der Waals surface area contributed by atoms with Crippen molar-refractivity contribution in [3.05, 3.63) is 57.9 Å². The van der Waals surface area contributed by atoms with Gasteiger partial charge in [-0.15, -0.1) is 11.3 Å². The van der Waals surface area contributed by atoms with E-state index in [1.807, 2.05) is 24.8 Å². The van der Waals surface area contributed by atoms with Gasteiger partial charge in [-0.2, -0.15) is 33.5 Å². The summed E-state index contributed by atoms with van der Waals surface area (Å²) in [6, 6.07) is 4.17. The minimum Gasteiger partial charge on any atom is -0.461 e. The second-order valence-corrected chi connectivity index (χ2v) is 15.5. The Kier molecular flexibility index (Phi) is 9.30. The molecule has 0 bridgehead atoms. The van der Waals surface area contributed by atoms with Crippen molar-refractivity contribution in [2.24, 2.45) is 0 Å². The van der Waals surface area contributed by atoms with E-state index in [2.05, 4.69) is 15.1 Å². The molecule has 56 heavy (non-hydrogen) atoms. The summed E-state index contributed by atoms with van der Waals surface area (Å²) in [5, 5.41) is 13.8. The first kappa shape index (κ1) is 37.8. The van der Waals surface area contributed by atoms with Crippen molar-refractivity contribution in [1.82, 2.24) is 29.5 Å². The first-order valence-corrected chi connectivity index (χ1v) is 19.2. The van der Waals surface area contributed by atoms with Crippen molar-refractivity contribution in [2.45, 2.75) is 71.0 Å². The molecule has 0 radical (unpaired) electrons. The van der Waals surface area contributed by atoms with Gasteiger partial charge in [-0.1, -0.05) is 6.07 Å². The maximum Gasteiger partial charge on any atom is 0.417 e. The summed E-state index contributed by atoms with van der Waals surface area (Å²) in [6.07, 6.45) is -4.52. The Bertz CT molecular complexity index is 2460. The lowest BCUT2D eigenvalue weighted by molar-refractivity contribution is -0.137. The lowest BCUT2D eigenvalue weighted by atomic mass is 9.92. The van der Waals surface area contributed by atoms with Crippen LogP contribution in [0, 0.1) is 29.9 Å². The quantitative estimate of drug-likeness (QED) is 0.162. The van der Waals surface area contributed by atoms with Gasteiger partial charge in [0.1, 0.15) is 41.0 Å². The Balaban J connectivity index is 1.32. The van der Waals surface area contributed by atoms with Crippen molar-refractivity contribution in [3.8, 4) is 23.2 Å². The van der Waals surface area contributed by atoms with E-state index in [0.29, 0.717) is 48.6 Å². The maximum absolute atomic E-state index is 17.3. The Labute approximate surface area is 321 Å². The van der Waals surface area contributed by atoms with Gasteiger partial charge >= 0.3 is 12.2 Å². The van der Waals surface area contributed by atoms with Crippen LogP contribution in [-0.2, 0) is 19.3 Å². The van der Waals surface area contributed by atoms with E-state index in [1.165, 1.54) is 0 Å². The molecule has 0 aliphatic carbocycles. The number of nitriles is 1. The largest absolute Gasteiger partial charge is 0.461 e. The zero-order chi connectivity index (χ0) is 39.8. The van der Waals surface area contributed by atoms with Crippen LogP contribution < -0.4 is 15.4 Å². The highest BCUT2D eigenvalue weighted by Gasteiger charge is 2.49. The number of nitrogens with two attached hydrogens (primary N) is 1. The Morgan fingerprint density at radius 3 is 2.66 bits per heavy atom. The van der Waals surface area contributed by atoms with Crippen LogP contribution in [0.15, 0.2) is 18.2 Å². The van der Waals surface area contributed by atoms with E-state index >= 15 is 22.0 Å². The molecule has 2 aromatic carbocycles. The smallest absolute Gasteiger partial charge is 0.417 e. The summed E-state index contributed by atoms with van der Waals surface area (Å²) >= 11 is 0.677. The number of ether oxygens (including phenoxy) is 1. The number of fused-ring (bicyclic) bond motifs is 4. The molecular formula is C38H37F6N9O2S. The maximum atomic E-state index is 17.3. The molecule has 3 aliphatic rings. The van der Waals surface area contributed by atoms with Crippen LogP contribution >= 0.6 is 11.3 Å². The van der Waals surface area contributed by atoms with Crippen LogP contribution in [0.3, 0.4) is 0 Å². The molecule has 1 amide bonds. The first-order chi connectivity index (χ1) is 26.7. The molecule has 294 valence electrons. The number of aromatic nitrogens is 4. The van der Waals surface area contributed by atoms with E-state index in [0.717, 1.165) is 24.6 Å². The van der Waals surface area contributed by atoms with Crippen LogP contribution in [0.5, 0.6) is 6.01 Å². The average Bonchev–Trinajstić information content (AvgIpc) is 3.90. The zero-order valence-corrected chi connectivity index (χ0v) is 31.6. The highest BCUT2D eigenvalue weighted by molar-refractivity contribution is 7.23. The summed E-state index contributed by atoms with van der Waals surface area (Å²) in [5.41, 5.74) is 3.33. The van der Waals surface area contributed by atoms with Gasteiger partial charge in [0.25, 0.3) is 5.91 Å². The number of anilines is 2. The van der Waals surface area contributed by atoms with Crippen molar-refractivity contribution in [2.75, 3.05) is 50.0 Å². The van der Waals surface area contributed by atoms with Crippen LogP contribution in [0.1, 0.15) is 66.0 Å². The first-order valence-electron chi connectivity index (χ1n) is 18.3. The molecule has 0 saturated carbocycles. The lowest BCUT2D eigenvalue weighted by Gasteiger charge is -2.32. The molecule has 3 aliphatic heterocycles.